The van der Waals surface area contributed by atoms with Crippen molar-refractivity contribution in [2.24, 2.45) is 0 Å². The Morgan fingerprint density at radius 3 is 0.793 bits per heavy atom. The van der Waals surface area contributed by atoms with Crippen LogP contribution < -0.4 is 0 Å². The number of carbonyl (C=O) groups is 2. The topological polar surface area (TPSA) is 72.8 Å². The Balaban J connectivity index is 3.41. The van der Waals surface area contributed by atoms with E-state index in [1.54, 1.807) is 0 Å². The maximum absolute atomic E-state index is 12.4. The van der Waals surface area contributed by atoms with Gasteiger partial charge in [-0.1, -0.05) is 356 Å². The molecule has 0 saturated heterocycles. The van der Waals surface area contributed by atoms with Gasteiger partial charge in [0.1, 0.15) is 6.61 Å². The first-order chi connectivity index (χ1) is 40.6. The summed E-state index contributed by atoms with van der Waals surface area (Å²) in [4.78, 5) is 24.7. The summed E-state index contributed by atoms with van der Waals surface area (Å²) in [6, 6.07) is 0. The van der Waals surface area contributed by atoms with E-state index in [4.69, 9.17) is 9.47 Å². The average Bonchev–Trinajstić information content (AvgIpc) is 3.49. The summed E-state index contributed by atoms with van der Waals surface area (Å²) in [6.45, 7) is 4.06. The number of hydrogen-bond donors (Lipinski definition) is 1. The van der Waals surface area contributed by atoms with Crippen LogP contribution in [0.4, 0.5) is 0 Å². The molecule has 476 valence electrons. The molecule has 0 heterocycles. The maximum Gasteiger partial charge on any atom is 0.306 e. The van der Waals surface area contributed by atoms with Gasteiger partial charge >= 0.3 is 11.9 Å². The summed E-state index contributed by atoms with van der Waals surface area (Å²) >= 11 is 0. The molecule has 1 N–H and O–H groups in total. The van der Waals surface area contributed by atoms with Crippen molar-refractivity contribution in [3.8, 4) is 0 Å². The van der Waals surface area contributed by atoms with E-state index in [0.29, 0.717) is 12.8 Å². The number of aliphatic hydroxyl groups is 1. The van der Waals surface area contributed by atoms with Gasteiger partial charge in [0.05, 0.1) is 6.61 Å². The Morgan fingerprint density at radius 1 is 0.293 bits per heavy atom. The van der Waals surface area contributed by atoms with Gasteiger partial charge in [-0.25, -0.2) is 0 Å². The highest BCUT2D eigenvalue weighted by atomic mass is 16.6. The van der Waals surface area contributed by atoms with Crippen LogP contribution in [-0.4, -0.2) is 36.4 Å². The lowest BCUT2D eigenvalue weighted by Gasteiger charge is -2.15. The summed E-state index contributed by atoms with van der Waals surface area (Å²) < 4.78 is 10.8. The third kappa shape index (κ3) is 69.6. The summed E-state index contributed by atoms with van der Waals surface area (Å²) in [5.41, 5.74) is 0. The fraction of sp³-hybridized carbons (Fsp3) is 0.792. The second kappa shape index (κ2) is 72.3. The van der Waals surface area contributed by atoms with E-state index in [0.717, 1.165) is 77.0 Å². The fourth-order valence-electron chi connectivity index (χ4n) is 10.8. The van der Waals surface area contributed by atoms with E-state index in [1.165, 1.54) is 270 Å². The number of aliphatic hydroxyl groups excluding tert-OH is 1. The van der Waals surface area contributed by atoms with Gasteiger partial charge in [0, 0.05) is 12.8 Å². The van der Waals surface area contributed by atoms with Crippen molar-refractivity contribution in [2.75, 3.05) is 13.2 Å². The van der Waals surface area contributed by atoms with Gasteiger partial charge in [0.2, 0.25) is 0 Å². The largest absolute Gasteiger partial charge is 0.462 e. The maximum atomic E-state index is 12.4. The van der Waals surface area contributed by atoms with Crippen LogP contribution in [0, 0.1) is 0 Å². The summed E-state index contributed by atoms with van der Waals surface area (Å²) in [7, 11) is 0. The first kappa shape index (κ1) is 79.1. The van der Waals surface area contributed by atoms with Crippen LogP contribution >= 0.6 is 0 Å². The predicted octanol–water partition coefficient (Wildman–Crippen LogP) is 25.2. The lowest BCUT2D eigenvalue weighted by molar-refractivity contribution is -0.161. The Kier molecular flexibility index (Phi) is 69.8. The first-order valence-electron chi connectivity index (χ1n) is 36.1. The van der Waals surface area contributed by atoms with Gasteiger partial charge in [0.25, 0.3) is 0 Å². The molecule has 0 fully saturated rings. The molecule has 0 aromatic heterocycles. The summed E-state index contributed by atoms with van der Waals surface area (Å²) in [5.74, 6) is -0.571. The van der Waals surface area contributed by atoms with E-state index >= 15 is 0 Å². The van der Waals surface area contributed by atoms with E-state index in [9.17, 15) is 14.7 Å². The van der Waals surface area contributed by atoms with E-state index in [-0.39, 0.29) is 25.2 Å². The van der Waals surface area contributed by atoms with Gasteiger partial charge in [0.15, 0.2) is 6.10 Å². The zero-order valence-electron chi connectivity index (χ0n) is 54.8. The molecule has 0 rings (SSSR count). The highest BCUT2D eigenvalue weighted by Crippen LogP contribution is 2.19. The molecule has 0 aliphatic carbocycles. The molecule has 0 aromatic carbocycles. The zero-order valence-corrected chi connectivity index (χ0v) is 54.8. The molecule has 0 amide bonds. The molecule has 0 aromatic rings. The van der Waals surface area contributed by atoms with Crippen molar-refractivity contribution < 1.29 is 24.2 Å². The van der Waals surface area contributed by atoms with Crippen molar-refractivity contribution in [1.29, 1.82) is 0 Å². The third-order valence-corrected chi connectivity index (χ3v) is 16.2. The second-order valence-corrected chi connectivity index (χ2v) is 24.3. The number of unbranched alkanes of at least 4 members (excludes halogenated alkanes) is 45. The van der Waals surface area contributed by atoms with E-state index < -0.39 is 6.10 Å². The van der Waals surface area contributed by atoms with Crippen LogP contribution in [0.25, 0.3) is 0 Å². The molecule has 0 spiro atoms. The lowest BCUT2D eigenvalue weighted by atomic mass is 10.0. The van der Waals surface area contributed by atoms with Crippen LogP contribution in [0.15, 0.2) is 85.1 Å². The molecule has 5 nitrogen and oxygen atoms in total. The summed E-state index contributed by atoms with van der Waals surface area (Å²) in [5, 5.41) is 9.71. The van der Waals surface area contributed by atoms with Gasteiger partial charge in [-0.3, -0.25) is 9.59 Å². The second-order valence-electron chi connectivity index (χ2n) is 24.3. The highest BCUT2D eigenvalue weighted by molar-refractivity contribution is 5.70. The molecular weight excluding hydrogens is 1000 g/mol. The van der Waals surface area contributed by atoms with Crippen molar-refractivity contribution in [1.82, 2.24) is 0 Å². The normalized spacial score (nSPS) is 12.7. The van der Waals surface area contributed by atoms with Crippen LogP contribution in [0.5, 0.6) is 0 Å². The van der Waals surface area contributed by atoms with Gasteiger partial charge in [-0.15, -0.1) is 0 Å². The molecule has 5 heteroatoms. The molecule has 0 aliphatic rings. The van der Waals surface area contributed by atoms with Crippen molar-refractivity contribution in [3.63, 3.8) is 0 Å². The average molecular weight is 1140 g/mol. The number of esters is 2. The quantitative estimate of drug-likeness (QED) is 0.0373. The Bertz CT molecular complexity index is 1480. The van der Waals surface area contributed by atoms with Crippen molar-refractivity contribution >= 4 is 11.9 Å². The van der Waals surface area contributed by atoms with Crippen LogP contribution in [0.1, 0.15) is 373 Å². The third-order valence-electron chi connectivity index (χ3n) is 16.2. The Hall–Kier alpha value is -2.92. The Labute approximate surface area is 511 Å². The van der Waals surface area contributed by atoms with E-state index in [1.807, 2.05) is 0 Å². The molecule has 82 heavy (non-hydrogen) atoms. The number of allylic oxidation sites excluding steroid dienone is 14. The van der Waals surface area contributed by atoms with Gasteiger partial charge in [-0.05, 0) is 89.9 Å². The minimum atomic E-state index is -0.773. The van der Waals surface area contributed by atoms with Gasteiger partial charge in [-0.2, -0.15) is 0 Å². The van der Waals surface area contributed by atoms with Gasteiger partial charge < -0.3 is 14.6 Å². The number of rotatable bonds is 67. The zero-order chi connectivity index (χ0) is 59.1. The molecule has 0 saturated carbocycles. The van der Waals surface area contributed by atoms with Crippen LogP contribution in [-0.2, 0) is 19.1 Å². The number of carbonyl (C=O) groups excluding carboxylic acids is 2. The lowest BCUT2D eigenvalue weighted by Crippen LogP contribution is -2.28. The van der Waals surface area contributed by atoms with Crippen molar-refractivity contribution in [3.05, 3.63) is 85.1 Å². The van der Waals surface area contributed by atoms with Crippen LogP contribution in [0.2, 0.25) is 0 Å². The smallest absolute Gasteiger partial charge is 0.306 e. The standard InChI is InChI=1S/C77H138O5/c1-3-5-7-9-11-13-15-17-19-21-23-25-27-29-31-33-35-36-37-38-39-40-42-44-46-48-50-52-54-56-58-60-62-64-66-68-70-72-77(80)82-75(73-78)74-81-76(79)71-69-67-65-63-61-59-57-55-53-51-49-47-45-43-41-34-32-30-28-26-24-22-20-18-16-14-12-10-8-6-4-2/h5,7,11,13,16-19,22-25,29,31,75,78H,3-4,6,8-10,12,14-15,20-21,26-28,30,32-74H2,1-2H3/b7-5-,13-11-,18-16-,19-17-,24-22-,25-23-,31-29-. The molecule has 0 radical (unpaired) electrons. The minimum absolute atomic E-state index is 0.0623. The molecule has 1 unspecified atom stereocenters. The summed E-state index contributed by atoms with van der Waals surface area (Å²) in [6.07, 6.45) is 102. The molecule has 1 atom stereocenters. The monoisotopic (exact) mass is 1140 g/mol. The van der Waals surface area contributed by atoms with Crippen LogP contribution in [0.3, 0.4) is 0 Å². The number of hydrogen-bond acceptors (Lipinski definition) is 5. The Morgan fingerprint density at radius 2 is 0.524 bits per heavy atom. The minimum Gasteiger partial charge on any atom is -0.462 e. The van der Waals surface area contributed by atoms with Crippen molar-refractivity contribution in [2.45, 2.75) is 380 Å². The first-order valence-corrected chi connectivity index (χ1v) is 36.1. The highest BCUT2D eigenvalue weighted by Gasteiger charge is 2.16. The fourth-order valence-corrected chi connectivity index (χ4v) is 10.8. The molecule has 0 aliphatic heterocycles. The molecule has 0 bridgehead atoms. The predicted molar refractivity (Wildman–Crippen MR) is 362 cm³/mol. The SMILES string of the molecule is CC/C=C\C/C=C\C/C=C\C/C=C\C/C=C\CCCCCCCCCCCCCCCCCCCCCCCC(=O)OC(CO)COC(=O)CCCCCCCCCCCCCCCCCCCCC/C=C\C/C=C\CCCCCCC. The van der Waals surface area contributed by atoms with E-state index in [2.05, 4.69) is 98.9 Å². The molecular formula is C77H138O5. The number of ether oxygens (including phenoxy) is 2.